The van der Waals surface area contributed by atoms with Crippen LogP contribution in [0.15, 0.2) is 53.6 Å². The second kappa shape index (κ2) is 6.99. The van der Waals surface area contributed by atoms with E-state index in [2.05, 4.69) is 5.32 Å². The molecule has 126 valence electrons. The van der Waals surface area contributed by atoms with Gasteiger partial charge in [-0.1, -0.05) is 25.0 Å². The van der Waals surface area contributed by atoms with E-state index in [4.69, 9.17) is 0 Å². The maximum Gasteiger partial charge on any atom is 0.239 e. The molecule has 1 fully saturated rings. The Morgan fingerprint density at radius 2 is 1.88 bits per heavy atom. The van der Waals surface area contributed by atoms with E-state index in [1.165, 1.54) is 18.2 Å². The third-order valence-corrected chi connectivity index (χ3v) is 4.81. The maximum absolute atomic E-state index is 13.6. The summed E-state index contributed by atoms with van der Waals surface area (Å²) < 4.78 is 15.3. The van der Waals surface area contributed by atoms with Crippen LogP contribution in [0.4, 0.5) is 4.39 Å². The molecule has 4 nitrogen and oxygen atoms in total. The Morgan fingerprint density at radius 3 is 2.54 bits per heavy atom. The lowest BCUT2D eigenvalue weighted by molar-refractivity contribution is -0.121. The van der Waals surface area contributed by atoms with Crippen LogP contribution in [0.25, 0.3) is 0 Å². The average Bonchev–Trinajstić information content (AvgIpc) is 3.05. The molecule has 1 amide bonds. The third kappa shape index (κ3) is 3.72. The quantitative estimate of drug-likeness (QED) is 0.917. The highest BCUT2D eigenvalue weighted by Gasteiger charge is 2.36. The highest BCUT2D eigenvalue weighted by Crippen LogP contribution is 2.40. The summed E-state index contributed by atoms with van der Waals surface area (Å²) in [4.78, 5) is 23.3. The number of nitrogens with one attached hydrogen (secondary N) is 1. The summed E-state index contributed by atoms with van der Waals surface area (Å²) in [5.41, 5.74) is 0.702. The zero-order chi connectivity index (χ0) is 17.0. The topological polar surface area (TPSA) is 51.1 Å². The Bertz CT molecular complexity index is 758. The number of hydrogen-bond donors (Lipinski definition) is 1. The van der Waals surface area contributed by atoms with E-state index in [1.54, 1.807) is 29.1 Å². The summed E-state index contributed by atoms with van der Waals surface area (Å²) in [6.45, 7) is 0.676. The fourth-order valence-corrected chi connectivity index (χ4v) is 3.48. The van der Waals surface area contributed by atoms with Crippen molar-refractivity contribution in [3.05, 3.63) is 70.4 Å². The number of hydrogen-bond acceptors (Lipinski definition) is 2. The molecule has 1 aromatic heterocycles. The Labute approximate surface area is 140 Å². The average molecular weight is 328 g/mol. The van der Waals surface area contributed by atoms with Crippen LogP contribution in [-0.2, 0) is 16.8 Å². The first-order valence-corrected chi connectivity index (χ1v) is 8.26. The van der Waals surface area contributed by atoms with Crippen molar-refractivity contribution in [2.24, 2.45) is 0 Å². The lowest BCUT2D eigenvalue weighted by atomic mass is 9.78. The maximum atomic E-state index is 13.6. The van der Waals surface area contributed by atoms with Gasteiger partial charge in [0, 0.05) is 36.5 Å². The van der Waals surface area contributed by atoms with Gasteiger partial charge in [0.05, 0.1) is 0 Å². The van der Waals surface area contributed by atoms with Crippen LogP contribution in [0.3, 0.4) is 0 Å². The minimum atomic E-state index is -0.238. The number of pyridine rings is 1. The first-order valence-electron chi connectivity index (χ1n) is 8.26. The molecule has 0 spiro atoms. The monoisotopic (exact) mass is 328 g/mol. The SMILES string of the molecule is O=C(Cn1ccc(=O)cc1)NCC1(c2cccc(F)c2)CCCC1. The van der Waals surface area contributed by atoms with Gasteiger partial charge in [0.1, 0.15) is 12.4 Å². The van der Waals surface area contributed by atoms with Gasteiger partial charge in [-0.15, -0.1) is 0 Å². The van der Waals surface area contributed by atoms with Crippen molar-refractivity contribution >= 4 is 5.91 Å². The summed E-state index contributed by atoms with van der Waals surface area (Å²) in [6.07, 6.45) is 7.28. The fraction of sp³-hybridized carbons (Fsp3) is 0.368. The van der Waals surface area contributed by atoms with Crippen LogP contribution in [0.1, 0.15) is 31.2 Å². The van der Waals surface area contributed by atoms with E-state index in [1.807, 2.05) is 6.07 Å². The van der Waals surface area contributed by atoms with E-state index < -0.39 is 0 Å². The summed E-state index contributed by atoms with van der Waals surface area (Å²) in [6, 6.07) is 9.56. The third-order valence-electron chi connectivity index (χ3n) is 4.81. The molecular weight excluding hydrogens is 307 g/mol. The van der Waals surface area contributed by atoms with Crippen LogP contribution in [0.2, 0.25) is 0 Å². The molecule has 0 radical (unpaired) electrons. The van der Waals surface area contributed by atoms with Gasteiger partial charge in [-0.3, -0.25) is 9.59 Å². The van der Waals surface area contributed by atoms with Crippen molar-refractivity contribution in [1.82, 2.24) is 9.88 Å². The Balaban J connectivity index is 1.67. The van der Waals surface area contributed by atoms with Crippen molar-refractivity contribution in [1.29, 1.82) is 0 Å². The normalized spacial score (nSPS) is 16.0. The second-order valence-corrected chi connectivity index (χ2v) is 6.48. The molecule has 3 rings (SSSR count). The largest absolute Gasteiger partial charge is 0.354 e. The standard InChI is InChI=1S/C19H21FN2O2/c20-16-5-3-4-15(12-16)19(8-1-2-9-19)14-21-18(24)13-22-10-6-17(23)7-11-22/h3-7,10-12H,1-2,8-9,13-14H2,(H,21,24). The molecule has 2 aromatic rings. The number of carbonyl (C=O) groups is 1. The van der Waals surface area contributed by atoms with Crippen LogP contribution in [-0.4, -0.2) is 17.0 Å². The molecule has 0 saturated heterocycles. The number of nitrogens with zero attached hydrogens (tertiary/aromatic N) is 1. The number of aromatic nitrogens is 1. The predicted octanol–water partition coefficient (Wildman–Crippen LogP) is 2.62. The number of amides is 1. The van der Waals surface area contributed by atoms with Gasteiger partial charge in [0.25, 0.3) is 0 Å². The van der Waals surface area contributed by atoms with Gasteiger partial charge in [0.15, 0.2) is 5.43 Å². The molecule has 0 aliphatic heterocycles. The Hall–Kier alpha value is -2.43. The highest BCUT2D eigenvalue weighted by atomic mass is 19.1. The summed E-state index contributed by atoms with van der Waals surface area (Å²) >= 11 is 0. The zero-order valence-corrected chi connectivity index (χ0v) is 13.5. The fourth-order valence-electron chi connectivity index (χ4n) is 3.48. The summed E-state index contributed by atoms with van der Waals surface area (Å²) in [5.74, 6) is -0.348. The minimum absolute atomic E-state index is 0.0809. The number of halogens is 1. The van der Waals surface area contributed by atoms with E-state index >= 15 is 0 Å². The highest BCUT2D eigenvalue weighted by molar-refractivity contribution is 5.75. The summed E-state index contributed by atoms with van der Waals surface area (Å²) in [5, 5.41) is 2.99. The van der Waals surface area contributed by atoms with Crippen molar-refractivity contribution < 1.29 is 9.18 Å². The van der Waals surface area contributed by atoms with Gasteiger partial charge < -0.3 is 9.88 Å². The Morgan fingerprint density at radius 1 is 1.17 bits per heavy atom. The van der Waals surface area contributed by atoms with Crippen molar-refractivity contribution in [3.8, 4) is 0 Å². The van der Waals surface area contributed by atoms with Crippen molar-refractivity contribution in [2.45, 2.75) is 37.6 Å². The number of benzene rings is 1. The van der Waals surface area contributed by atoms with E-state index in [9.17, 15) is 14.0 Å². The minimum Gasteiger partial charge on any atom is -0.354 e. The number of carbonyl (C=O) groups excluding carboxylic acids is 1. The van der Waals surface area contributed by atoms with Gasteiger partial charge in [0.2, 0.25) is 5.91 Å². The number of rotatable bonds is 5. The van der Waals surface area contributed by atoms with E-state index in [-0.39, 0.29) is 29.1 Å². The second-order valence-electron chi connectivity index (χ2n) is 6.48. The lowest BCUT2D eigenvalue weighted by Gasteiger charge is -2.30. The lowest BCUT2D eigenvalue weighted by Crippen LogP contribution is -2.40. The molecule has 5 heteroatoms. The smallest absolute Gasteiger partial charge is 0.239 e. The zero-order valence-electron chi connectivity index (χ0n) is 13.5. The van der Waals surface area contributed by atoms with E-state index in [0.29, 0.717) is 6.54 Å². The van der Waals surface area contributed by atoms with E-state index in [0.717, 1.165) is 31.2 Å². The molecule has 0 unspecified atom stereocenters. The molecule has 1 aromatic carbocycles. The molecule has 0 bridgehead atoms. The molecule has 1 saturated carbocycles. The van der Waals surface area contributed by atoms with Gasteiger partial charge >= 0.3 is 0 Å². The van der Waals surface area contributed by atoms with Crippen LogP contribution < -0.4 is 10.7 Å². The molecule has 0 atom stereocenters. The van der Waals surface area contributed by atoms with Crippen LogP contribution >= 0.6 is 0 Å². The van der Waals surface area contributed by atoms with Crippen LogP contribution in [0.5, 0.6) is 0 Å². The van der Waals surface area contributed by atoms with Crippen molar-refractivity contribution in [3.63, 3.8) is 0 Å². The molecule has 24 heavy (non-hydrogen) atoms. The first-order chi connectivity index (χ1) is 11.6. The molecule has 1 aliphatic rings. The van der Waals surface area contributed by atoms with Crippen molar-refractivity contribution in [2.75, 3.05) is 6.54 Å². The summed E-state index contributed by atoms with van der Waals surface area (Å²) in [7, 11) is 0. The Kier molecular flexibility index (Phi) is 4.79. The molecule has 1 aliphatic carbocycles. The molecule has 1 N–H and O–H groups in total. The van der Waals surface area contributed by atoms with Gasteiger partial charge in [-0.2, -0.15) is 0 Å². The van der Waals surface area contributed by atoms with Gasteiger partial charge in [-0.05, 0) is 30.5 Å². The first kappa shape index (κ1) is 16.4. The van der Waals surface area contributed by atoms with Crippen LogP contribution in [0, 0.1) is 5.82 Å². The molecular formula is C19H21FN2O2. The molecule has 1 heterocycles. The predicted molar refractivity (Wildman–Crippen MR) is 90.3 cm³/mol. The van der Waals surface area contributed by atoms with Gasteiger partial charge in [-0.25, -0.2) is 4.39 Å².